The van der Waals surface area contributed by atoms with E-state index in [1.807, 2.05) is 74.5 Å². The number of para-hydroxylation sites is 1. The van der Waals surface area contributed by atoms with Gasteiger partial charge in [0.2, 0.25) is 0 Å². The van der Waals surface area contributed by atoms with Crippen molar-refractivity contribution in [2.75, 3.05) is 11.9 Å². The minimum Gasteiger partial charge on any atom is -0.376 e. The van der Waals surface area contributed by atoms with Crippen LogP contribution in [0.4, 0.5) is 5.69 Å². The highest BCUT2D eigenvalue weighted by atomic mass is 35.5. The van der Waals surface area contributed by atoms with Gasteiger partial charge in [0.15, 0.2) is 0 Å². The van der Waals surface area contributed by atoms with Crippen LogP contribution in [0.15, 0.2) is 65.8 Å². The summed E-state index contributed by atoms with van der Waals surface area (Å²) in [4.78, 5) is 11.9. The molecule has 2 N–H and O–H groups in total. The number of hydrogen-bond donors (Lipinski definition) is 2. The van der Waals surface area contributed by atoms with Gasteiger partial charge in [-0.2, -0.15) is 5.10 Å². The summed E-state index contributed by atoms with van der Waals surface area (Å²) in [7, 11) is 0. The van der Waals surface area contributed by atoms with Crippen LogP contribution in [0, 0.1) is 13.8 Å². The summed E-state index contributed by atoms with van der Waals surface area (Å²) in [6.07, 6.45) is 1.66. The van der Waals surface area contributed by atoms with Crippen molar-refractivity contribution in [3.05, 3.63) is 82.6 Å². The van der Waals surface area contributed by atoms with Gasteiger partial charge in [0.1, 0.15) is 0 Å². The fourth-order valence-corrected chi connectivity index (χ4v) is 2.98. The first-order chi connectivity index (χ1) is 13.0. The minimum atomic E-state index is -0.207. The normalized spacial score (nSPS) is 10.9. The van der Waals surface area contributed by atoms with Crippen molar-refractivity contribution in [2.24, 2.45) is 5.10 Å². The highest BCUT2D eigenvalue weighted by Gasteiger charge is 2.09. The molecular weight excluding hydrogens is 360 g/mol. The summed E-state index contributed by atoms with van der Waals surface area (Å²) in [5, 5.41) is 7.82. The van der Waals surface area contributed by atoms with Crippen molar-refractivity contribution in [1.29, 1.82) is 0 Å². The van der Waals surface area contributed by atoms with E-state index < -0.39 is 0 Å². The Balaban J connectivity index is 1.63. The van der Waals surface area contributed by atoms with Gasteiger partial charge in [-0.05, 0) is 56.3 Å². The molecule has 0 fully saturated rings. The summed E-state index contributed by atoms with van der Waals surface area (Å²) < 4.78 is 2.12. The van der Waals surface area contributed by atoms with Crippen molar-refractivity contribution in [3.63, 3.8) is 0 Å². The van der Waals surface area contributed by atoms with Gasteiger partial charge in [-0.15, -0.1) is 0 Å². The number of nitrogens with one attached hydrogen (secondary N) is 2. The number of aromatic nitrogens is 1. The Hall–Kier alpha value is -3.05. The van der Waals surface area contributed by atoms with E-state index in [9.17, 15) is 4.79 Å². The van der Waals surface area contributed by atoms with Gasteiger partial charge in [0.05, 0.1) is 12.8 Å². The Morgan fingerprint density at radius 2 is 1.81 bits per heavy atom. The van der Waals surface area contributed by atoms with E-state index in [1.165, 1.54) is 0 Å². The molecule has 0 aliphatic heterocycles. The Bertz CT molecular complexity index is 946. The molecule has 0 radical (unpaired) electrons. The lowest BCUT2D eigenvalue weighted by atomic mass is 10.2. The Morgan fingerprint density at radius 1 is 1.11 bits per heavy atom. The molecule has 0 saturated heterocycles. The molecule has 1 amide bonds. The monoisotopic (exact) mass is 380 g/mol. The van der Waals surface area contributed by atoms with Crippen LogP contribution >= 0.6 is 11.6 Å². The molecule has 27 heavy (non-hydrogen) atoms. The van der Waals surface area contributed by atoms with E-state index in [0.717, 1.165) is 28.3 Å². The minimum absolute atomic E-state index is 0.158. The molecule has 3 aromatic rings. The zero-order chi connectivity index (χ0) is 19.2. The lowest BCUT2D eigenvalue weighted by Gasteiger charge is -2.09. The first kappa shape index (κ1) is 18.7. The topological polar surface area (TPSA) is 58.4 Å². The summed E-state index contributed by atoms with van der Waals surface area (Å²) in [5.41, 5.74) is 7.53. The number of aryl methyl sites for hydroxylation is 1. The Kier molecular flexibility index (Phi) is 5.94. The highest BCUT2D eigenvalue weighted by molar-refractivity contribution is 6.30. The number of rotatable bonds is 6. The first-order valence-corrected chi connectivity index (χ1v) is 8.98. The maximum atomic E-state index is 11.9. The van der Waals surface area contributed by atoms with Crippen LogP contribution in [0.25, 0.3) is 5.69 Å². The molecule has 0 unspecified atom stereocenters. The average Bonchev–Trinajstić information content (AvgIpc) is 2.95. The average molecular weight is 381 g/mol. The molecule has 5 nitrogen and oxygen atoms in total. The lowest BCUT2D eigenvalue weighted by molar-refractivity contribution is -0.119. The second-order valence-electron chi connectivity index (χ2n) is 6.15. The van der Waals surface area contributed by atoms with E-state index in [-0.39, 0.29) is 12.5 Å². The largest absolute Gasteiger partial charge is 0.376 e. The number of nitrogens with zero attached hydrogens (tertiary/aromatic N) is 2. The quantitative estimate of drug-likeness (QED) is 0.494. The third-order valence-corrected chi connectivity index (χ3v) is 4.43. The smallest absolute Gasteiger partial charge is 0.259 e. The van der Waals surface area contributed by atoms with Crippen molar-refractivity contribution >= 4 is 29.4 Å². The molecule has 0 aliphatic rings. The van der Waals surface area contributed by atoms with Gasteiger partial charge in [-0.3, -0.25) is 4.79 Å². The molecule has 1 heterocycles. The molecule has 0 aliphatic carbocycles. The number of anilines is 1. The summed E-state index contributed by atoms with van der Waals surface area (Å²) in [6, 6.07) is 19.3. The maximum absolute atomic E-state index is 11.9. The lowest BCUT2D eigenvalue weighted by Crippen LogP contribution is -2.25. The van der Waals surface area contributed by atoms with Gasteiger partial charge in [-0.25, -0.2) is 5.43 Å². The molecular formula is C21H21ClN4O. The van der Waals surface area contributed by atoms with Gasteiger partial charge in [0.25, 0.3) is 5.91 Å². The second-order valence-corrected chi connectivity index (χ2v) is 6.59. The fourth-order valence-electron chi connectivity index (χ4n) is 2.86. The molecule has 3 rings (SSSR count). The predicted molar refractivity (Wildman–Crippen MR) is 111 cm³/mol. The number of hydrazone groups is 1. The van der Waals surface area contributed by atoms with Crippen molar-refractivity contribution in [2.45, 2.75) is 13.8 Å². The van der Waals surface area contributed by atoms with Crippen molar-refractivity contribution < 1.29 is 4.79 Å². The van der Waals surface area contributed by atoms with Crippen LogP contribution < -0.4 is 10.7 Å². The van der Waals surface area contributed by atoms with Crippen LogP contribution in [-0.2, 0) is 4.79 Å². The third kappa shape index (κ3) is 4.77. The van der Waals surface area contributed by atoms with E-state index in [2.05, 4.69) is 20.4 Å². The maximum Gasteiger partial charge on any atom is 0.259 e. The summed E-state index contributed by atoms with van der Waals surface area (Å²) in [5.74, 6) is -0.207. The summed E-state index contributed by atoms with van der Waals surface area (Å²) >= 11 is 5.97. The number of carbonyl (C=O) groups is 1. The van der Waals surface area contributed by atoms with Gasteiger partial charge in [-0.1, -0.05) is 29.8 Å². The number of halogens is 1. The van der Waals surface area contributed by atoms with Gasteiger partial charge in [0, 0.05) is 33.3 Å². The predicted octanol–water partition coefficient (Wildman–Crippen LogP) is 4.31. The van der Waals surface area contributed by atoms with E-state index in [4.69, 9.17) is 11.6 Å². The standard InChI is InChI=1S/C21H21ClN4O/c1-15-12-17(16(2)26(15)20-10-8-18(22)9-11-20)13-24-25-21(27)14-23-19-6-4-3-5-7-19/h3-13,23H,14H2,1-2H3,(H,25,27)/b24-13-. The van der Waals surface area contributed by atoms with Crippen molar-refractivity contribution in [1.82, 2.24) is 9.99 Å². The third-order valence-electron chi connectivity index (χ3n) is 4.17. The molecule has 0 bridgehead atoms. The SMILES string of the molecule is Cc1cc(/C=N\NC(=O)CNc2ccccc2)c(C)n1-c1ccc(Cl)cc1. The van der Waals surface area contributed by atoms with Crippen LogP contribution in [0.2, 0.25) is 5.02 Å². The molecule has 2 aromatic carbocycles. The van der Waals surface area contributed by atoms with Gasteiger partial charge >= 0.3 is 0 Å². The molecule has 6 heteroatoms. The first-order valence-electron chi connectivity index (χ1n) is 8.60. The number of amides is 1. The zero-order valence-corrected chi connectivity index (χ0v) is 16.0. The van der Waals surface area contributed by atoms with Crippen molar-refractivity contribution in [3.8, 4) is 5.69 Å². The molecule has 0 atom stereocenters. The molecule has 0 spiro atoms. The second kappa shape index (κ2) is 8.56. The number of hydrogen-bond acceptors (Lipinski definition) is 3. The Morgan fingerprint density at radius 3 is 2.52 bits per heavy atom. The number of carbonyl (C=O) groups excluding carboxylic acids is 1. The highest BCUT2D eigenvalue weighted by Crippen LogP contribution is 2.21. The molecule has 0 saturated carbocycles. The Labute approximate surface area is 163 Å². The van der Waals surface area contributed by atoms with Crippen LogP contribution in [-0.4, -0.2) is 23.2 Å². The molecule has 1 aromatic heterocycles. The zero-order valence-electron chi connectivity index (χ0n) is 15.2. The van der Waals surface area contributed by atoms with Crippen LogP contribution in [0.1, 0.15) is 17.0 Å². The molecule has 138 valence electrons. The van der Waals surface area contributed by atoms with E-state index in [0.29, 0.717) is 5.02 Å². The van der Waals surface area contributed by atoms with E-state index >= 15 is 0 Å². The van der Waals surface area contributed by atoms with Crippen LogP contribution in [0.5, 0.6) is 0 Å². The van der Waals surface area contributed by atoms with Crippen LogP contribution in [0.3, 0.4) is 0 Å². The van der Waals surface area contributed by atoms with E-state index in [1.54, 1.807) is 6.21 Å². The summed E-state index contributed by atoms with van der Waals surface area (Å²) in [6.45, 7) is 4.20. The van der Waals surface area contributed by atoms with Gasteiger partial charge < -0.3 is 9.88 Å². The fraction of sp³-hybridized carbons (Fsp3) is 0.143. The number of benzene rings is 2.